The Balaban J connectivity index is 1.75. The van der Waals surface area contributed by atoms with Gasteiger partial charge < -0.3 is 9.47 Å². The number of rotatable bonds is 2. The highest BCUT2D eigenvalue weighted by Gasteiger charge is 2.62. The SMILES string of the molecule is CO[C@@H](C)C1OCC2(CC2)CC12CC2. The summed E-state index contributed by atoms with van der Waals surface area (Å²) in [5.41, 5.74) is 1.13. The quantitative estimate of drug-likeness (QED) is 0.675. The van der Waals surface area contributed by atoms with Crippen molar-refractivity contribution in [3.8, 4) is 0 Å². The highest BCUT2D eigenvalue weighted by Crippen LogP contribution is 2.66. The molecule has 2 atom stereocenters. The van der Waals surface area contributed by atoms with E-state index >= 15 is 0 Å². The van der Waals surface area contributed by atoms with Crippen molar-refractivity contribution in [1.29, 1.82) is 0 Å². The first-order valence-electron chi connectivity index (χ1n) is 5.84. The molecule has 0 amide bonds. The number of hydrogen-bond acceptors (Lipinski definition) is 2. The second kappa shape index (κ2) is 2.73. The lowest BCUT2D eigenvalue weighted by atomic mass is 9.81. The molecular weight excluding hydrogens is 176 g/mol. The summed E-state index contributed by atoms with van der Waals surface area (Å²) < 4.78 is 11.5. The van der Waals surface area contributed by atoms with Crippen LogP contribution in [0.3, 0.4) is 0 Å². The summed E-state index contributed by atoms with van der Waals surface area (Å²) in [6.07, 6.45) is 7.61. The third-order valence-electron chi connectivity index (χ3n) is 4.55. The fourth-order valence-electron chi connectivity index (χ4n) is 3.22. The van der Waals surface area contributed by atoms with Gasteiger partial charge in [-0.3, -0.25) is 0 Å². The van der Waals surface area contributed by atoms with E-state index in [2.05, 4.69) is 6.92 Å². The molecule has 2 saturated carbocycles. The molecule has 0 aromatic rings. The summed E-state index contributed by atoms with van der Waals surface area (Å²) in [7, 11) is 1.80. The van der Waals surface area contributed by atoms with E-state index in [1.54, 1.807) is 7.11 Å². The minimum absolute atomic E-state index is 0.272. The molecule has 0 N–H and O–H groups in total. The van der Waals surface area contributed by atoms with Crippen LogP contribution in [0.4, 0.5) is 0 Å². The van der Waals surface area contributed by atoms with Crippen LogP contribution in [0, 0.1) is 10.8 Å². The Morgan fingerprint density at radius 1 is 1.29 bits per heavy atom. The topological polar surface area (TPSA) is 18.5 Å². The molecule has 2 nitrogen and oxygen atoms in total. The largest absolute Gasteiger partial charge is 0.379 e. The van der Waals surface area contributed by atoms with Crippen molar-refractivity contribution < 1.29 is 9.47 Å². The molecule has 0 bridgehead atoms. The van der Waals surface area contributed by atoms with Crippen molar-refractivity contribution in [3.63, 3.8) is 0 Å². The molecule has 3 fully saturated rings. The molecule has 3 rings (SSSR count). The van der Waals surface area contributed by atoms with Gasteiger partial charge in [0.2, 0.25) is 0 Å². The Labute approximate surface area is 86.0 Å². The van der Waals surface area contributed by atoms with Gasteiger partial charge >= 0.3 is 0 Å². The predicted octanol–water partition coefficient (Wildman–Crippen LogP) is 2.37. The number of hydrogen-bond donors (Lipinski definition) is 0. The maximum Gasteiger partial charge on any atom is 0.0890 e. The minimum Gasteiger partial charge on any atom is -0.379 e. The maximum absolute atomic E-state index is 6.06. The fraction of sp³-hybridized carbons (Fsp3) is 1.00. The Bertz CT molecular complexity index is 241. The zero-order valence-corrected chi connectivity index (χ0v) is 9.21. The summed E-state index contributed by atoms with van der Waals surface area (Å²) in [6, 6.07) is 0. The molecular formula is C12H20O2. The van der Waals surface area contributed by atoms with Crippen molar-refractivity contribution in [3.05, 3.63) is 0 Å². The highest BCUT2D eigenvalue weighted by atomic mass is 16.5. The molecule has 2 heteroatoms. The van der Waals surface area contributed by atoms with Gasteiger partial charge in [0.25, 0.3) is 0 Å². The first kappa shape index (κ1) is 9.17. The van der Waals surface area contributed by atoms with Gasteiger partial charge in [0.15, 0.2) is 0 Å². The molecule has 1 saturated heterocycles. The molecule has 1 aliphatic heterocycles. The van der Waals surface area contributed by atoms with Gasteiger partial charge in [-0.2, -0.15) is 0 Å². The van der Waals surface area contributed by atoms with Crippen LogP contribution < -0.4 is 0 Å². The fourth-order valence-corrected chi connectivity index (χ4v) is 3.22. The molecule has 0 aromatic heterocycles. The third kappa shape index (κ3) is 1.24. The van der Waals surface area contributed by atoms with Crippen LogP contribution in [0.2, 0.25) is 0 Å². The van der Waals surface area contributed by atoms with E-state index in [0.717, 1.165) is 6.61 Å². The lowest BCUT2D eigenvalue weighted by molar-refractivity contribution is -0.134. The molecule has 1 heterocycles. The average Bonchev–Trinajstić information content (AvgIpc) is 3.08. The second-order valence-electron chi connectivity index (χ2n) is 5.71. The second-order valence-corrected chi connectivity index (χ2v) is 5.71. The standard InChI is InChI=1S/C12H20O2/c1-9(13-2)10-12(5-6-12)7-11(3-4-11)8-14-10/h9-10H,3-8H2,1-2H3/t9-,10?/m0/s1. The molecule has 2 spiro atoms. The first-order valence-corrected chi connectivity index (χ1v) is 5.84. The summed E-state index contributed by atoms with van der Waals surface area (Å²) in [5.74, 6) is 0. The van der Waals surface area contributed by atoms with E-state index in [1.165, 1.54) is 32.1 Å². The van der Waals surface area contributed by atoms with Crippen LogP contribution in [-0.4, -0.2) is 25.9 Å². The molecule has 3 aliphatic rings. The van der Waals surface area contributed by atoms with Gasteiger partial charge in [-0.05, 0) is 49.9 Å². The summed E-state index contributed by atoms with van der Waals surface area (Å²) >= 11 is 0. The van der Waals surface area contributed by atoms with Crippen molar-refractivity contribution in [2.24, 2.45) is 10.8 Å². The first-order chi connectivity index (χ1) is 6.70. The number of ether oxygens (including phenoxy) is 2. The Hall–Kier alpha value is -0.0800. The van der Waals surface area contributed by atoms with Crippen LogP contribution in [0.25, 0.3) is 0 Å². The summed E-state index contributed by atoms with van der Waals surface area (Å²) in [5, 5.41) is 0. The van der Waals surface area contributed by atoms with Gasteiger partial charge in [-0.1, -0.05) is 0 Å². The van der Waals surface area contributed by atoms with Crippen molar-refractivity contribution in [2.45, 2.75) is 51.2 Å². The lowest BCUT2D eigenvalue weighted by Crippen LogP contribution is -2.44. The van der Waals surface area contributed by atoms with E-state index in [-0.39, 0.29) is 6.10 Å². The summed E-state index contributed by atoms with van der Waals surface area (Å²) in [6.45, 7) is 3.14. The Morgan fingerprint density at radius 3 is 2.50 bits per heavy atom. The average molecular weight is 196 g/mol. The number of methoxy groups -OCH3 is 1. The minimum atomic E-state index is 0.272. The van der Waals surface area contributed by atoms with Crippen LogP contribution in [0.5, 0.6) is 0 Å². The van der Waals surface area contributed by atoms with Gasteiger partial charge in [-0.25, -0.2) is 0 Å². The molecule has 0 radical (unpaired) electrons. The van der Waals surface area contributed by atoms with Gasteiger partial charge in [0.1, 0.15) is 0 Å². The van der Waals surface area contributed by atoms with E-state index in [1.807, 2.05) is 0 Å². The van der Waals surface area contributed by atoms with Crippen LogP contribution >= 0.6 is 0 Å². The Morgan fingerprint density at radius 2 is 2.00 bits per heavy atom. The smallest absolute Gasteiger partial charge is 0.0890 e. The van der Waals surface area contributed by atoms with E-state index in [9.17, 15) is 0 Å². The zero-order chi connectivity index (χ0) is 9.81. The molecule has 0 aromatic carbocycles. The van der Waals surface area contributed by atoms with Crippen molar-refractivity contribution >= 4 is 0 Å². The molecule has 80 valence electrons. The van der Waals surface area contributed by atoms with Crippen molar-refractivity contribution in [2.75, 3.05) is 13.7 Å². The third-order valence-corrected chi connectivity index (χ3v) is 4.55. The van der Waals surface area contributed by atoms with Crippen LogP contribution in [0.15, 0.2) is 0 Å². The normalized spacial score (nSPS) is 38.6. The van der Waals surface area contributed by atoms with Crippen LogP contribution in [0.1, 0.15) is 39.0 Å². The molecule has 2 aliphatic carbocycles. The van der Waals surface area contributed by atoms with Crippen molar-refractivity contribution in [1.82, 2.24) is 0 Å². The van der Waals surface area contributed by atoms with E-state index in [0.29, 0.717) is 16.9 Å². The van der Waals surface area contributed by atoms with Gasteiger partial charge in [-0.15, -0.1) is 0 Å². The summed E-state index contributed by atoms with van der Waals surface area (Å²) in [4.78, 5) is 0. The van der Waals surface area contributed by atoms with Crippen LogP contribution in [-0.2, 0) is 9.47 Å². The Kier molecular flexibility index (Phi) is 1.79. The zero-order valence-electron chi connectivity index (χ0n) is 9.21. The lowest BCUT2D eigenvalue weighted by Gasteiger charge is -2.39. The predicted molar refractivity (Wildman–Crippen MR) is 54.2 cm³/mol. The van der Waals surface area contributed by atoms with Gasteiger partial charge in [0, 0.05) is 7.11 Å². The monoisotopic (exact) mass is 196 g/mol. The van der Waals surface area contributed by atoms with E-state index in [4.69, 9.17) is 9.47 Å². The molecule has 1 unspecified atom stereocenters. The van der Waals surface area contributed by atoms with Gasteiger partial charge in [0.05, 0.1) is 18.8 Å². The maximum atomic E-state index is 6.06. The highest BCUT2D eigenvalue weighted by molar-refractivity contribution is 5.11. The molecule has 14 heavy (non-hydrogen) atoms. The van der Waals surface area contributed by atoms with E-state index < -0.39 is 0 Å².